The van der Waals surface area contributed by atoms with Crippen molar-refractivity contribution in [2.75, 3.05) is 26.7 Å². The lowest BCUT2D eigenvalue weighted by atomic mass is 9.93. The zero-order valence-electron chi connectivity index (χ0n) is 13.2. The molecule has 22 heavy (non-hydrogen) atoms. The third-order valence-electron chi connectivity index (χ3n) is 4.18. The maximum absolute atomic E-state index is 12.0. The van der Waals surface area contributed by atoms with Gasteiger partial charge in [0.2, 0.25) is 5.91 Å². The summed E-state index contributed by atoms with van der Waals surface area (Å²) < 4.78 is 5.46. The largest absolute Gasteiger partial charge is 0.375 e. The zero-order valence-corrected chi connectivity index (χ0v) is 14.0. The molecule has 0 radical (unpaired) electrons. The van der Waals surface area contributed by atoms with Crippen LogP contribution in [0.1, 0.15) is 37.4 Å². The van der Waals surface area contributed by atoms with Gasteiger partial charge < -0.3 is 15.4 Å². The number of hydrogen-bond donors (Lipinski definition) is 2. The van der Waals surface area contributed by atoms with Gasteiger partial charge in [0.15, 0.2) is 0 Å². The highest BCUT2D eigenvalue weighted by Gasteiger charge is 2.15. The summed E-state index contributed by atoms with van der Waals surface area (Å²) in [5.41, 5.74) is 1.10. The standard InChI is InChI=1S/C17H26N2O2.ClH/c1-21-16(15-5-3-2-4-6-15)13-19-17(20)8-7-14-9-11-18-12-10-14;/h2-6,14,16,18H,7-13H2,1H3,(H,19,20);1H. The number of piperidine rings is 1. The minimum Gasteiger partial charge on any atom is -0.375 e. The number of carbonyl (C=O) groups is 1. The van der Waals surface area contributed by atoms with Gasteiger partial charge in [0.05, 0.1) is 6.10 Å². The molecule has 5 heteroatoms. The van der Waals surface area contributed by atoms with Gasteiger partial charge in [-0.15, -0.1) is 12.4 Å². The maximum atomic E-state index is 12.0. The van der Waals surface area contributed by atoms with E-state index in [0.717, 1.165) is 25.1 Å². The predicted octanol–water partition coefficient (Wildman–Crippen LogP) is 2.69. The first kappa shape index (κ1) is 18.9. The zero-order chi connectivity index (χ0) is 14.9. The molecular formula is C17H27ClN2O2. The summed E-state index contributed by atoms with van der Waals surface area (Å²) in [7, 11) is 1.68. The Bertz CT molecular complexity index is 422. The lowest BCUT2D eigenvalue weighted by Gasteiger charge is -2.22. The third-order valence-corrected chi connectivity index (χ3v) is 4.18. The van der Waals surface area contributed by atoms with Gasteiger partial charge in [0, 0.05) is 20.1 Å². The summed E-state index contributed by atoms with van der Waals surface area (Å²) in [5.74, 6) is 0.829. The number of halogens is 1. The van der Waals surface area contributed by atoms with Crippen LogP contribution in [0.2, 0.25) is 0 Å². The van der Waals surface area contributed by atoms with Gasteiger partial charge >= 0.3 is 0 Å². The van der Waals surface area contributed by atoms with Crippen LogP contribution in [-0.4, -0.2) is 32.7 Å². The van der Waals surface area contributed by atoms with Gasteiger partial charge in [-0.3, -0.25) is 4.79 Å². The molecule has 0 aliphatic carbocycles. The second kappa shape index (κ2) is 10.6. The highest BCUT2D eigenvalue weighted by Crippen LogP contribution is 2.18. The van der Waals surface area contributed by atoms with Gasteiger partial charge in [-0.05, 0) is 43.8 Å². The van der Waals surface area contributed by atoms with E-state index in [9.17, 15) is 4.79 Å². The molecule has 1 aromatic carbocycles. The van der Waals surface area contributed by atoms with E-state index in [4.69, 9.17) is 4.74 Å². The molecule has 0 bridgehead atoms. The summed E-state index contributed by atoms with van der Waals surface area (Å²) in [6, 6.07) is 10.00. The topological polar surface area (TPSA) is 50.4 Å². The number of hydrogen-bond acceptors (Lipinski definition) is 3. The summed E-state index contributed by atoms with van der Waals surface area (Å²) >= 11 is 0. The van der Waals surface area contributed by atoms with Crippen molar-refractivity contribution in [1.29, 1.82) is 0 Å². The third kappa shape index (κ3) is 6.34. The Labute approximate surface area is 139 Å². The highest BCUT2D eigenvalue weighted by atomic mass is 35.5. The molecular weight excluding hydrogens is 300 g/mol. The number of amides is 1. The normalized spacial score (nSPS) is 16.6. The quantitative estimate of drug-likeness (QED) is 0.810. The first-order chi connectivity index (χ1) is 10.3. The average molecular weight is 327 g/mol. The van der Waals surface area contributed by atoms with Crippen LogP contribution >= 0.6 is 12.4 Å². The Morgan fingerprint density at radius 3 is 2.64 bits per heavy atom. The van der Waals surface area contributed by atoms with E-state index in [1.165, 1.54) is 12.8 Å². The van der Waals surface area contributed by atoms with E-state index in [0.29, 0.717) is 18.9 Å². The lowest BCUT2D eigenvalue weighted by Crippen LogP contribution is -2.31. The second-order valence-corrected chi connectivity index (χ2v) is 5.67. The molecule has 1 unspecified atom stereocenters. The van der Waals surface area contributed by atoms with E-state index >= 15 is 0 Å². The van der Waals surface area contributed by atoms with Crippen molar-refractivity contribution in [3.63, 3.8) is 0 Å². The van der Waals surface area contributed by atoms with Crippen molar-refractivity contribution in [2.24, 2.45) is 5.92 Å². The van der Waals surface area contributed by atoms with Crippen LogP contribution in [0, 0.1) is 5.92 Å². The molecule has 0 aromatic heterocycles. The Morgan fingerprint density at radius 2 is 2.00 bits per heavy atom. The summed E-state index contributed by atoms with van der Waals surface area (Å²) in [6.07, 6.45) is 3.93. The molecule has 1 amide bonds. The van der Waals surface area contributed by atoms with Crippen LogP contribution < -0.4 is 10.6 Å². The van der Waals surface area contributed by atoms with Crippen molar-refractivity contribution in [2.45, 2.75) is 31.8 Å². The molecule has 2 rings (SSSR count). The highest BCUT2D eigenvalue weighted by molar-refractivity contribution is 5.85. The molecule has 1 atom stereocenters. The van der Waals surface area contributed by atoms with E-state index < -0.39 is 0 Å². The van der Waals surface area contributed by atoms with Crippen LogP contribution in [-0.2, 0) is 9.53 Å². The Morgan fingerprint density at radius 1 is 1.32 bits per heavy atom. The van der Waals surface area contributed by atoms with Crippen LogP contribution in [0.3, 0.4) is 0 Å². The first-order valence-corrected chi connectivity index (χ1v) is 7.84. The fourth-order valence-electron chi connectivity index (χ4n) is 2.81. The van der Waals surface area contributed by atoms with E-state index in [-0.39, 0.29) is 24.4 Å². The SMILES string of the molecule is COC(CNC(=O)CCC1CCNCC1)c1ccccc1.Cl. The fraction of sp³-hybridized carbons (Fsp3) is 0.588. The molecule has 0 spiro atoms. The van der Waals surface area contributed by atoms with E-state index in [1.54, 1.807) is 7.11 Å². The summed E-state index contributed by atoms with van der Waals surface area (Å²) in [4.78, 5) is 12.0. The minimum atomic E-state index is -0.0750. The number of nitrogens with one attached hydrogen (secondary N) is 2. The first-order valence-electron chi connectivity index (χ1n) is 7.84. The monoisotopic (exact) mass is 326 g/mol. The summed E-state index contributed by atoms with van der Waals surface area (Å²) in [6.45, 7) is 2.71. The Balaban J connectivity index is 0.00000242. The number of methoxy groups -OCH3 is 1. The lowest BCUT2D eigenvalue weighted by molar-refractivity contribution is -0.122. The molecule has 124 valence electrons. The van der Waals surface area contributed by atoms with E-state index in [2.05, 4.69) is 10.6 Å². The van der Waals surface area contributed by atoms with Crippen molar-refractivity contribution >= 4 is 18.3 Å². The molecule has 1 saturated heterocycles. The van der Waals surface area contributed by atoms with Crippen LogP contribution in [0.25, 0.3) is 0 Å². The van der Waals surface area contributed by atoms with Crippen LogP contribution in [0.15, 0.2) is 30.3 Å². The maximum Gasteiger partial charge on any atom is 0.220 e. The van der Waals surface area contributed by atoms with Gasteiger partial charge in [0.25, 0.3) is 0 Å². The fourth-order valence-corrected chi connectivity index (χ4v) is 2.81. The van der Waals surface area contributed by atoms with Gasteiger partial charge in [-0.2, -0.15) is 0 Å². The molecule has 1 fully saturated rings. The molecule has 0 saturated carbocycles. The van der Waals surface area contributed by atoms with Gasteiger partial charge in [-0.25, -0.2) is 0 Å². The molecule has 1 heterocycles. The van der Waals surface area contributed by atoms with E-state index in [1.807, 2.05) is 30.3 Å². The predicted molar refractivity (Wildman–Crippen MR) is 91.3 cm³/mol. The molecule has 2 N–H and O–H groups in total. The van der Waals surface area contributed by atoms with Crippen molar-refractivity contribution in [3.05, 3.63) is 35.9 Å². The van der Waals surface area contributed by atoms with Crippen molar-refractivity contribution in [3.8, 4) is 0 Å². The smallest absolute Gasteiger partial charge is 0.220 e. The Kier molecular flexibility index (Phi) is 9.13. The molecule has 1 aliphatic rings. The van der Waals surface area contributed by atoms with Crippen molar-refractivity contribution < 1.29 is 9.53 Å². The van der Waals surface area contributed by atoms with Gasteiger partial charge in [0.1, 0.15) is 0 Å². The Hall–Kier alpha value is -1.10. The number of rotatable bonds is 7. The summed E-state index contributed by atoms with van der Waals surface area (Å²) in [5, 5.41) is 6.34. The molecule has 1 aromatic rings. The second-order valence-electron chi connectivity index (χ2n) is 5.67. The van der Waals surface area contributed by atoms with Crippen LogP contribution in [0.4, 0.5) is 0 Å². The number of ether oxygens (including phenoxy) is 1. The van der Waals surface area contributed by atoms with Crippen molar-refractivity contribution in [1.82, 2.24) is 10.6 Å². The van der Waals surface area contributed by atoms with Gasteiger partial charge in [-0.1, -0.05) is 30.3 Å². The number of benzene rings is 1. The molecule has 4 nitrogen and oxygen atoms in total. The average Bonchev–Trinajstić information content (AvgIpc) is 2.55. The minimum absolute atomic E-state index is 0. The number of carbonyl (C=O) groups excluding carboxylic acids is 1. The van der Waals surface area contributed by atoms with Crippen LogP contribution in [0.5, 0.6) is 0 Å². The molecule has 1 aliphatic heterocycles.